The predicted octanol–water partition coefficient (Wildman–Crippen LogP) is 1.25. The van der Waals surface area contributed by atoms with Crippen LogP contribution >= 0.6 is 0 Å². The summed E-state index contributed by atoms with van der Waals surface area (Å²) in [6.45, 7) is 5.27. The molecule has 5 nitrogen and oxygen atoms in total. The van der Waals surface area contributed by atoms with Crippen molar-refractivity contribution in [2.75, 3.05) is 33.9 Å². The summed E-state index contributed by atoms with van der Waals surface area (Å²) in [5.41, 5.74) is 7.05. The topological polar surface area (TPSA) is 57.0 Å². The molecule has 2 rings (SSSR count). The minimum Gasteiger partial charge on any atom is -0.493 e. The first-order valence-corrected chi connectivity index (χ1v) is 6.95. The first kappa shape index (κ1) is 15.1. The van der Waals surface area contributed by atoms with Crippen LogP contribution in [-0.2, 0) is 11.3 Å². The van der Waals surface area contributed by atoms with E-state index in [0.29, 0.717) is 0 Å². The average Bonchev–Trinajstić information content (AvgIpc) is 2.47. The Morgan fingerprint density at radius 2 is 2.20 bits per heavy atom. The molecule has 1 aliphatic heterocycles. The normalized spacial score (nSPS) is 21.5. The molecule has 1 aliphatic rings. The van der Waals surface area contributed by atoms with E-state index < -0.39 is 0 Å². The van der Waals surface area contributed by atoms with E-state index >= 15 is 0 Å². The third kappa shape index (κ3) is 3.42. The molecular formula is C15H24N2O3. The number of nitrogens with zero attached hydrogens (tertiary/aromatic N) is 1. The van der Waals surface area contributed by atoms with Crippen molar-refractivity contribution in [3.05, 3.63) is 23.8 Å². The second-order valence-electron chi connectivity index (χ2n) is 5.16. The Morgan fingerprint density at radius 1 is 1.40 bits per heavy atom. The molecule has 0 amide bonds. The highest BCUT2D eigenvalue weighted by Gasteiger charge is 2.24. The molecule has 1 fully saturated rings. The molecule has 0 spiro atoms. The Labute approximate surface area is 120 Å². The highest BCUT2D eigenvalue weighted by Crippen LogP contribution is 2.31. The van der Waals surface area contributed by atoms with Crippen molar-refractivity contribution in [2.45, 2.75) is 25.6 Å². The quantitative estimate of drug-likeness (QED) is 0.880. The van der Waals surface area contributed by atoms with Crippen molar-refractivity contribution in [1.29, 1.82) is 0 Å². The summed E-state index contributed by atoms with van der Waals surface area (Å²) in [4.78, 5) is 2.34. The van der Waals surface area contributed by atoms with Crippen LogP contribution in [0.15, 0.2) is 18.2 Å². The van der Waals surface area contributed by atoms with E-state index in [0.717, 1.165) is 43.3 Å². The van der Waals surface area contributed by atoms with Crippen molar-refractivity contribution >= 4 is 0 Å². The van der Waals surface area contributed by atoms with Gasteiger partial charge in [-0.2, -0.15) is 0 Å². The first-order valence-electron chi connectivity index (χ1n) is 6.95. The van der Waals surface area contributed by atoms with Gasteiger partial charge in [-0.05, 0) is 13.0 Å². The lowest BCUT2D eigenvalue weighted by molar-refractivity contribution is -0.0405. The van der Waals surface area contributed by atoms with Crippen molar-refractivity contribution in [2.24, 2.45) is 5.73 Å². The summed E-state index contributed by atoms with van der Waals surface area (Å²) in [6.07, 6.45) is 0.0975. The number of benzene rings is 1. The van der Waals surface area contributed by atoms with Crippen molar-refractivity contribution in [1.82, 2.24) is 4.90 Å². The van der Waals surface area contributed by atoms with E-state index in [2.05, 4.69) is 11.0 Å². The van der Waals surface area contributed by atoms with Crippen molar-refractivity contribution < 1.29 is 14.2 Å². The van der Waals surface area contributed by atoms with Crippen LogP contribution in [0.25, 0.3) is 0 Å². The lowest BCUT2D eigenvalue weighted by Gasteiger charge is -2.35. The number of methoxy groups -OCH3 is 2. The Kier molecular flexibility index (Phi) is 5.23. The van der Waals surface area contributed by atoms with Gasteiger partial charge in [-0.3, -0.25) is 4.90 Å². The lowest BCUT2D eigenvalue weighted by atomic mass is 10.1. The zero-order chi connectivity index (χ0) is 14.5. The highest BCUT2D eigenvalue weighted by molar-refractivity contribution is 5.46. The van der Waals surface area contributed by atoms with Crippen LogP contribution in [0.5, 0.6) is 11.5 Å². The van der Waals surface area contributed by atoms with Gasteiger partial charge in [-0.25, -0.2) is 0 Å². The zero-order valence-corrected chi connectivity index (χ0v) is 12.5. The third-order valence-corrected chi connectivity index (χ3v) is 3.64. The predicted molar refractivity (Wildman–Crippen MR) is 78.2 cm³/mol. The van der Waals surface area contributed by atoms with Crippen LogP contribution in [0, 0.1) is 0 Å². The number of nitrogens with two attached hydrogens (primary N) is 1. The molecular weight excluding hydrogens is 256 g/mol. The van der Waals surface area contributed by atoms with Crippen molar-refractivity contribution in [3.63, 3.8) is 0 Å². The summed E-state index contributed by atoms with van der Waals surface area (Å²) in [5, 5.41) is 0. The fraction of sp³-hybridized carbons (Fsp3) is 0.600. The number of hydrogen-bond donors (Lipinski definition) is 1. The summed E-state index contributed by atoms with van der Waals surface area (Å²) in [7, 11) is 3.33. The maximum Gasteiger partial charge on any atom is 0.165 e. The summed E-state index contributed by atoms with van der Waals surface area (Å²) >= 11 is 0. The largest absolute Gasteiger partial charge is 0.493 e. The summed E-state index contributed by atoms with van der Waals surface area (Å²) in [5.74, 6) is 1.57. The number of morpholine rings is 1. The smallest absolute Gasteiger partial charge is 0.165 e. The van der Waals surface area contributed by atoms with E-state index in [1.54, 1.807) is 14.2 Å². The standard InChI is InChI=1S/C15H24N2O3/c1-11(16)14-10-17(7-8-20-14)9-12-5-4-6-13(18-2)15(12)19-3/h4-6,11,14H,7-10,16H2,1-3H3. The van der Waals surface area contributed by atoms with Crippen LogP contribution in [0.3, 0.4) is 0 Å². The molecule has 1 aromatic rings. The van der Waals surface area contributed by atoms with E-state index in [1.807, 2.05) is 19.1 Å². The third-order valence-electron chi connectivity index (χ3n) is 3.64. The van der Waals surface area contributed by atoms with E-state index in [4.69, 9.17) is 19.9 Å². The molecule has 20 heavy (non-hydrogen) atoms. The fourth-order valence-electron chi connectivity index (χ4n) is 2.51. The summed E-state index contributed by atoms with van der Waals surface area (Å²) in [6, 6.07) is 6.01. The molecule has 2 unspecified atom stereocenters. The number of ether oxygens (including phenoxy) is 3. The zero-order valence-electron chi connectivity index (χ0n) is 12.5. The molecule has 1 aromatic carbocycles. The molecule has 0 aromatic heterocycles. The van der Waals surface area contributed by atoms with Crippen LogP contribution in [0.2, 0.25) is 0 Å². The Morgan fingerprint density at radius 3 is 2.85 bits per heavy atom. The van der Waals surface area contributed by atoms with E-state index in [1.165, 1.54) is 0 Å². The van der Waals surface area contributed by atoms with Gasteiger partial charge in [-0.1, -0.05) is 12.1 Å². The monoisotopic (exact) mass is 280 g/mol. The summed E-state index contributed by atoms with van der Waals surface area (Å²) < 4.78 is 16.5. The number of hydrogen-bond acceptors (Lipinski definition) is 5. The van der Waals surface area contributed by atoms with Gasteiger partial charge in [0, 0.05) is 31.2 Å². The lowest BCUT2D eigenvalue weighted by Crippen LogP contribution is -2.49. The molecule has 1 saturated heterocycles. The molecule has 5 heteroatoms. The Bertz CT molecular complexity index is 437. The number of rotatable bonds is 5. The molecule has 1 heterocycles. The van der Waals surface area contributed by atoms with Crippen LogP contribution in [-0.4, -0.2) is 51.0 Å². The molecule has 112 valence electrons. The van der Waals surface area contributed by atoms with Crippen LogP contribution in [0.1, 0.15) is 12.5 Å². The second kappa shape index (κ2) is 6.92. The molecule has 0 saturated carbocycles. The molecule has 0 radical (unpaired) electrons. The van der Waals surface area contributed by atoms with Gasteiger partial charge < -0.3 is 19.9 Å². The molecule has 2 N–H and O–H groups in total. The maximum absolute atomic E-state index is 5.93. The van der Waals surface area contributed by atoms with Crippen molar-refractivity contribution in [3.8, 4) is 11.5 Å². The highest BCUT2D eigenvalue weighted by atomic mass is 16.5. The van der Waals surface area contributed by atoms with Gasteiger partial charge in [0.05, 0.1) is 26.9 Å². The van der Waals surface area contributed by atoms with E-state index in [9.17, 15) is 0 Å². The van der Waals surface area contributed by atoms with Gasteiger partial charge in [0.25, 0.3) is 0 Å². The van der Waals surface area contributed by atoms with Gasteiger partial charge >= 0.3 is 0 Å². The van der Waals surface area contributed by atoms with Gasteiger partial charge in [0.2, 0.25) is 0 Å². The average molecular weight is 280 g/mol. The van der Waals surface area contributed by atoms with E-state index in [-0.39, 0.29) is 12.1 Å². The molecule has 2 atom stereocenters. The Hall–Kier alpha value is -1.30. The SMILES string of the molecule is COc1cccc(CN2CCOC(C(C)N)C2)c1OC. The van der Waals surface area contributed by atoms with Gasteiger partial charge in [0.15, 0.2) is 11.5 Å². The fourth-order valence-corrected chi connectivity index (χ4v) is 2.51. The van der Waals surface area contributed by atoms with Crippen LogP contribution in [0.4, 0.5) is 0 Å². The van der Waals surface area contributed by atoms with Gasteiger partial charge in [0.1, 0.15) is 0 Å². The second-order valence-corrected chi connectivity index (χ2v) is 5.16. The first-order chi connectivity index (χ1) is 9.65. The minimum absolute atomic E-state index is 0.0463. The minimum atomic E-state index is 0.0463. The number of para-hydroxylation sites is 1. The Balaban J connectivity index is 2.09. The molecule has 0 bridgehead atoms. The molecule has 0 aliphatic carbocycles. The van der Waals surface area contributed by atoms with Crippen LogP contribution < -0.4 is 15.2 Å². The van der Waals surface area contributed by atoms with Gasteiger partial charge in [-0.15, -0.1) is 0 Å². The maximum atomic E-state index is 5.93.